The monoisotopic (exact) mass is 240 g/mol. The van der Waals surface area contributed by atoms with Crippen LogP contribution in [0, 0.1) is 6.92 Å². The second-order valence-corrected chi connectivity index (χ2v) is 4.54. The quantitative estimate of drug-likeness (QED) is 0.827. The molecule has 0 saturated heterocycles. The van der Waals surface area contributed by atoms with Crippen LogP contribution in [0.1, 0.15) is 18.1 Å². The summed E-state index contributed by atoms with van der Waals surface area (Å²) in [4.78, 5) is 2.34. The highest BCUT2D eigenvalue weighted by atomic mass is 15.1. The summed E-state index contributed by atoms with van der Waals surface area (Å²) in [7, 11) is 0. The molecule has 2 nitrogen and oxygen atoms in total. The zero-order valence-corrected chi connectivity index (χ0v) is 11.1. The van der Waals surface area contributed by atoms with Gasteiger partial charge in [0.15, 0.2) is 0 Å². The third kappa shape index (κ3) is 2.83. The number of rotatable bonds is 4. The molecule has 0 unspecified atom stereocenters. The van der Waals surface area contributed by atoms with Crippen LogP contribution in [-0.4, -0.2) is 6.54 Å². The van der Waals surface area contributed by atoms with Crippen LogP contribution in [0.4, 0.5) is 11.4 Å². The molecular formula is C16H20N2. The smallest absolute Gasteiger partial charge is 0.0430 e. The topological polar surface area (TPSA) is 29.3 Å². The Bertz CT molecular complexity index is 506. The number of anilines is 2. The summed E-state index contributed by atoms with van der Waals surface area (Å²) < 4.78 is 0. The average Bonchev–Trinajstić information content (AvgIpc) is 2.41. The van der Waals surface area contributed by atoms with Gasteiger partial charge in [0.25, 0.3) is 0 Å². The molecule has 0 fully saturated rings. The van der Waals surface area contributed by atoms with Crippen molar-refractivity contribution in [2.75, 3.05) is 17.2 Å². The minimum absolute atomic E-state index is 0.872. The second kappa shape index (κ2) is 5.58. The van der Waals surface area contributed by atoms with E-state index in [9.17, 15) is 0 Å². The summed E-state index contributed by atoms with van der Waals surface area (Å²) in [6.45, 7) is 6.08. The number of hydrogen-bond donors (Lipinski definition) is 1. The number of hydrogen-bond acceptors (Lipinski definition) is 2. The normalized spacial score (nSPS) is 10.3. The van der Waals surface area contributed by atoms with E-state index in [0.29, 0.717) is 0 Å². The highest BCUT2D eigenvalue weighted by Crippen LogP contribution is 2.19. The molecule has 2 heteroatoms. The predicted octanol–water partition coefficient (Wildman–Crippen LogP) is 3.60. The fraction of sp³-hybridized carbons (Fsp3) is 0.250. The molecule has 18 heavy (non-hydrogen) atoms. The third-order valence-electron chi connectivity index (χ3n) is 3.22. The Kier molecular flexibility index (Phi) is 3.88. The first-order valence-corrected chi connectivity index (χ1v) is 6.35. The van der Waals surface area contributed by atoms with Gasteiger partial charge in [-0.1, -0.05) is 30.3 Å². The van der Waals surface area contributed by atoms with Crippen molar-refractivity contribution < 1.29 is 0 Å². The molecule has 0 spiro atoms. The van der Waals surface area contributed by atoms with E-state index < -0.39 is 0 Å². The van der Waals surface area contributed by atoms with Gasteiger partial charge in [-0.25, -0.2) is 0 Å². The Morgan fingerprint density at radius 3 is 2.39 bits per heavy atom. The average molecular weight is 240 g/mol. The number of benzene rings is 2. The van der Waals surface area contributed by atoms with E-state index in [2.05, 4.69) is 54.3 Å². The first-order chi connectivity index (χ1) is 8.70. The maximum Gasteiger partial charge on any atom is 0.0430 e. The summed E-state index contributed by atoms with van der Waals surface area (Å²) in [5, 5.41) is 0. The van der Waals surface area contributed by atoms with Crippen LogP contribution in [0.2, 0.25) is 0 Å². The van der Waals surface area contributed by atoms with Crippen LogP contribution in [0.15, 0.2) is 48.5 Å². The van der Waals surface area contributed by atoms with Crippen molar-refractivity contribution >= 4 is 11.4 Å². The van der Waals surface area contributed by atoms with Crippen molar-refractivity contribution in [2.24, 2.45) is 0 Å². The largest absolute Gasteiger partial charge is 0.399 e. The molecule has 0 aromatic heterocycles. The van der Waals surface area contributed by atoms with Crippen LogP contribution in [0.5, 0.6) is 0 Å². The van der Waals surface area contributed by atoms with Gasteiger partial charge in [0, 0.05) is 24.5 Å². The minimum Gasteiger partial charge on any atom is -0.399 e. The fourth-order valence-corrected chi connectivity index (χ4v) is 2.03. The van der Waals surface area contributed by atoms with Gasteiger partial charge in [-0.05, 0) is 43.2 Å². The fourth-order valence-electron chi connectivity index (χ4n) is 2.03. The lowest BCUT2D eigenvalue weighted by atomic mass is 10.1. The molecule has 2 aromatic rings. The molecule has 94 valence electrons. The van der Waals surface area contributed by atoms with Crippen molar-refractivity contribution in [3.8, 4) is 0 Å². The molecule has 2 aromatic carbocycles. The van der Waals surface area contributed by atoms with Crippen LogP contribution in [0.3, 0.4) is 0 Å². The summed E-state index contributed by atoms with van der Waals surface area (Å²) in [6, 6.07) is 16.8. The number of para-hydroxylation sites is 1. The Labute approximate surface area is 109 Å². The standard InChI is InChI=1S/C16H20N2/c1-3-18(15-7-5-4-6-8-15)12-14-10-9-13(2)16(17)11-14/h4-11H,3,12,17H2,1-2H3. The highest BCUT2D eigenvalue weighted by molar-refractivity contribution is 5.51. The van der Waals surface area contributed by atoms with E-state index in [0.717, 1.165) is 24.3 Å². The van der Waals surface area contributed by atoms with Gasteiger partial charge in [0.2, 0.25) is 0 Å². The van der Waals surface area contributed by atoms with Gasteiger partial charge in [-0.2, -0.15) is 0 Å². The van der Waals surface area contributed by atoms with E-state index in [-0.39, 0.29) is 0 Å². The molecule has 0 atom stereocenters. The zero-order valence-electron chi connectivity index (χ0n) is 11.1. The Hall–Kier alpha value is -1.96. The molecular weight excluding hydrogens is 220 g/mol. The lowest BCUT2D eigenvalue weighted by Crippen LogP contribution is -2.21. The Balaban J connectivity index is 2.18. The van der Waals surface area contributed by atoms with Crippen molar-refractivity contribution in [1.82, 2.24) is 0 Å². The minimum atomic E-state index is 0.872. The molecule has 2 N–H and O–H groups in total. The number of nitrogens with two attached hydrogens (primary N) is 1. The number of aryl methyl sites for hydroxylation is 1. The number of nitrogens with zero attached hydrogens (tertiary/aromatic N) is 1. The highest BCUT2D eigenvalue weighted by Gasteiger charge is 2.05. The Morgan fingerprint density at radius 1 is 1.06 bits per heavy atom. The predicted molar refractivity (Wildman–Crippen MR) is 78.8 cm³/mol. The molecule has 0 aliphatic carbocycles. The maximum atomic E-state index is 5.96. The third-order valence-corrected chi connectivity index (χ3v) is 3.22. The van der Waals surface area contributed by atoms with Gasteiger partial charge in [0.05, 0.1) is 0 Å². The van der Waals surface area contributed by atoms with Crippen LogP contribution >= 0.6 is 0 Å². The molecule has 0 heterocycles. The van der Waals surface area contributed by atoms with E-state index in [1.165, 1.54) is 11.3 Å². The van der Waals surface area contributed by atoms with Crippen molar-refractivity contribution in [2.45, 2.75) is 20.4 Å². The van der Waals surface area contributed by atoms with Crippen molar-refractivity contribution in [3.05, 3.63) is 59.7 Å². The van der Waals surface area contributed by atoms with Crippen molar-refractivity contribution in [3.63, 3.8) is 0 Å². The van der Waals surface area contributed by atoms with Gasteiger partial charge < -0.3 is 10.6 Å². The molecule has 0 aliphatic rings. The van der Waals surface area contributed by atoms with Crippen LogP contribution in [0.25, 0.3) is 0 Å². The first kappa shape index (κ1) is 12.5. The SMILES string of the molecule is CCN(Cc1ccc(C)c(N)c1)c1ccccc1. The van der Waals surface area contributed by atoms with Gasteiger partial charge in [0.1, 0.15) is 0 Å². The lowest BCUT2D eigenvalue weighted by molar-refractivity contribution is 0.832. The van der Waals surface area contributed by atoms with Gasteiger partial charge in [-0.3, -0.25) is 0 Å². The lowest BCUT2D eigenvalue weighted by Gasteiger charge is -2.23. The second-order valence-electron chi connectivity index (χ2n) is 4.54. The summed E-state index contributed by atoms with van der Waals surface area (Å²) in [5.41, 5.74) is 10.5. The molecule has 2 rings (SSSR count). The van der Waals surface area contributed by atoms with E-state index in [1.54, 1.807) is 0 Å². The van der Waals surface area contributed by atoms with Crippen molar-refractivity contribution in [1.29, 1.82) is 0 Å². The molecule has 0 bridgehead atoms. The van der Waals surface area contributed by atoms with E-state index in [1.807, 2.05) is 13.0 Å². The maximum absolute atomic E-state index is 5.96. The van der Waals surface area contributed by atoms with Gasteiger partial charge in [-0.15, -0.1) is 0 Å². The molecule has 0 radical (unpaired) electrons. The summed E-state index contributed by atoms with van der Waals surface area (Å²) in [6.07, 6.45) is 0. The van der Waals surface area contributed by atoms with E-state index in [4.69, 9.17) is 5.73 Å². The Morgan fingerprint density at radius 2 is 1.78 bits per heavy atom. The van der Waals surface area contributed by atoms with E-state index >= 15 is 0 Å². The first-order valence-electron chi connectivity index (χ1n) is 6.35. The number of nitrogen functional groups attached to an aromatic ring is 1. The summed E-state index contributed by atoms with van der Waals surface area (Å²) in [5.74, 6) is 0. The molecule has 0 aliphatic heterocycles. The van der Waals surface area contributed by atoms with Crippen LogP contribution < -0.4 is 10.6 Å². The van der Waals surface area contributed by atoms with Crippen LogP contribution in [-0.2, 0) is 6.54 Å². The zero-order chi connectivity index (χ0) is 13.0. The molecule has 0 saturated carbocycles. The molecule has 0 amide bonds. The summed E-state index contributed by atoms with van der Waals surface area (Å²) >= 11 is 0. The van der Waals surface area contributed by atoms with Gasteiger partial charge >= 0.3 is 0 Å².